The monoisotopic (exact) mass is 514 g/mol. The molecule has 8 nitrogen and oxygen atoms in total. The zero-order valence-electron chi connectivity index (χ0n) is 18.7. The van der Waals surface area contributed by atoms with Gasteiger partial charge in [-0.3, -0.25) is 9.48 Å². The Morgan fingerprint density at radius 3 is 2.58 bits per heavy atom. The van der Waals surface area contributed by atoms with Crippen molar-refractivity contribution in [2.24, 2.45) is 0 Å². The number of pyridine rings is 2. The van der Waals surface area contributed by atoms with Gasteiger partial charge in [-0.15, -0.1) is 0 Å². The summed E-state index contributed by atoms with van der Waals surface area (Å²) >= 11 is 0. The minimum Gasteiger partial charge on any atom is -0.391 e. The van der Waals surface area contributed by atoms with Gasteiger partial charge in [0.1, 0.15) is 12.2 Å². The normalized spacial score (nSPS) is 18.5. The lowest BCUT2D eigenvalue weighted by Crippen LogP contribution is -2.28. The number of amides is 1. The standard InChI is InChI=1S/C22H20F6N6O2/c1-12-5-15(35)10-34(12)14-6-18(19(29-8-14)22(26,27)28)32-20(36)17-4-2-3-16(31-17)13-7-30-33(9-13)11-21(23,24)25/h2-4,6-9,12,15,35H,5,10-11H2,1H3,(H,32,36). The highest BCUT2D eigenvalue weighted by Gasteiger charge is 2.37. The maximum atomic E-state index is 13.6. The molecule has 1 fully saturated rings. The molecule has 36 heavy (non-hydrogen) atoms. The van der Waals surface area contributed by atoms with Crippen LogP contribution in [-0.2, 0) is 12.7 Å². The second-order valence-corrected chi connectivity index (χ2v) is 8.38. The number of nitrogens with zero attached hydrogens (tertiary/aromatic N) is 5. The van der Waals surface area contributed by atoms with Crippen LogP contribution in [0.5, 0.6) is 0 Å². The van der Waals surface area contributed by atoms with Gasteiger partial charge in [-0.2, -0.15) is 31.4 Å². The van der Waals surface area contributed by atoms with Crippen LogP contribution in [0, 0.1) is 0 Å². The largest absolute Gasteiger partial charge is 0.435 e. The van der Waals surface area contributed by atoms with E-state index < -0.39 is 42.3 Å². The van der Waals surface area contributed by atoms with Crippen molar-refractivity contribution in [2.45, 2.75) is 44.4 Å². The van der Waals surface area contributed by atoms with Gasteiger partial charge in [-0.1, -0.05) is 6.07 Å². The number of carbonyl (C=O) groups is 1. The molecule has 3 aromatic heterocycles. The molecule has 2 unspecified atom stereocenters. The van der Waals surface area contributed by atoms with E-state index in [1.165, 1.54) is 18.2 Å². The first kappa shape index (κ1) is 25.4. The Morgan fingerprint density at radius 2 is 1.94 bits per heavy atom. The number of halogens is 6. The van der Waals surface area contributed by atoms with Gasteiger partial charge >= 0.3 is 12.4 Å². The molecular formula is C22H20F6N6O2. The van der Waals surface area contributed by atoms with Crippen molar-refractivity contribution in [1.29, 1.82) is 0 Å². The van der Waals surface area contributed by atoms with Crippen LogP contribution in [0.3, 0.4) is 0 Å². The van der Waals surface area contributed by atoms with E-state index in [9.17, 15) is 36.2 Å². The maximum absolute atomic E-state index is 13.6. The Kier molecular flexibility index (Phi) is 6.64. The molecule has 14 heteroatoms. The second kappa shape index (κ2) is 9.41. The van der Waals surface area contributed by atoms with E-state index in [-0.39, 0.29) is 29.5 Å². The number of alkyl halides is 6. The van der Waals surface area contributed by atoms with Crippen molar-refractivity contribution < 1.29 is 36.2 Å². The van der Waals surface area contributed by atoms with Crippen LogP contribution in [-0.4, -0.2) is 55.6 Å². The van der Waals surface area contributed by atoms with Crippen LogP contribution < -0.4 is 10.2 Å². The zero-order valence-corrected chi connectivity index (χ0v) is 18.7. The quantitative estimate of drug-likeness (QED) is 0.497. The molecule has 0 spiro atoms. The third-order valence-electron chi connectivity index (χ3n) is 5.53. The molecule has 0 aliphatic carbocycles. The summed E-state index contributed by atoms with van der Waals surface area (Å²) in [6, 6.07) is 5.05. The van der Waals surface area contributed by atoms with E-state index in [0.717, 1.165) is 24.7 Å². The predicted molar refractivity (Wildman–Crippen MR) is 116 cm³/mol. The summed E-state index contributed by atoms with van der Waals surface area (Å²) in [5, 5.41) is 15.7. The summed E-state index contributed by atoms with van der Waals surface area (Å²) in [6.45, 7) is 0.690. The number of anilines is 2. The molecule has 0 saturated carbocycles. The van der Waals surface area contributed by atoms with E-state index in [1.807, 2.05) is 0 Å². The number of hydrogen-bond donors (Lipinski definition) is 2. The topological polar surface area (TPSA) is 96.2 Å². The molecule has 1 amide bonds. The molecule has 4 rings (SSSR count). The van der Waals surface area contributed by atoms with Gasteiger partial charge in [-0.05, 0) is 31.5 Å². The predicted octanol–water partition coefficient (Wildman–Crippen LogP) is 4.13. The molecule has 3 aromatic rings. The lowest BCUT2D eigenvalue weighted by atomic mass is 10.2. The molecule has 192 valence electrons. The Morgan fingerprint density at radius 1 is 1.19 bits per heavy atom. The zero-order chi connectivity index (χ0) is 26.3. The van der Waals surface area contributed by atoms with Crippen LogP contribution >= 0.6 is 0 Å². The van der Waals surface area contributed by atoms with Gasteiger partial charge < -0.3 is 15.3 Å². The number of aromatic nitrogens is 4. The van der Waals surface area contributed by atoms with Crippen LogP contribution in [0.1, 0.15) is 29.5 Å². The summed E-state index contributed by atoms with van der Waals surface area (Å²) in [4.78, 5) is 22.1. The fraction of sp³-hybridized carbons (Fsp3) is 0.364. The first-order valence-electron chi connectivity index (χ1n) is 10.7. The van der Waals surface area contributed by atoms with Gasteiger partial charge in [0.05, 0.1) is 35.6 Å². The fourth-order valence-electron chi connectivity index (χ4n) is 3.97. The molecule has 0 radical (unpaired) electrons. The van der Waals surface area contributed by atoms with E-state index in [4.69, 9.17) is 0 Å². The highest BCUT2D eigenvalue weighted by atomic mass is 19.4. The minimum absolute atomic E-state index is 0.110. The number of aliphatic hydroxyl groups excluding tert-OH is 1. The molecule has 1 saturated heterocycles. The van der Waals surface area contributed by atoms with Crippen LogP contribution in [0.25, 0.3) is 11.3 Å². The SMILES string of the molecule is CC1CC(O)CN1c1cnc(C(F)(F)F)c(NC(=O)c2cccc(-c3cnn(CC(F)(F)F)c3)n2)c1. The number of β-amino-alcohol motifs (C(OH)–C–C–N with tert-alkyl or cyclic N) is 1. The summed E-state index contributed by atoms with van der Waals surface area (Å²) in [7, 11) is 0. The van der Waals surface area contributed by atoms with Crippen molar-refractivity contribution in [3.05, 3.63) is 54.2 Å². The molecule has 4 heterocycles. The summed E-state index contributed by atoms with van der Waals surface area (Å²) in [5.74, 6) is -0.974. The summed E-state index contributed by atoms with van der Waals surface area (Å²) in [6.07, 6.45) is -6.30. The lowest BCUT2D eigenvalue weighted by Gasteiger charge is -2.24. The Bertz CT molecular complexity index is 1260. The van der Waals surface area contributed by atoms with E-state index in [1.54, 1.807) is 11.8 Å². The van der Waals surface area contributed by atoms with Crippen molar-refractivity contribution in [3.63, 3.8) is 0 Å². The number of rotatable bonds is 5. The fourth-order valence-corrected chi connectivity index (χ4v) is 3.97. The third kappa shape index (κ3) is 5.75. The molecule has 2 atom stereocenters. The first-order valence-corrected chi connectivity index (χ1v) is 10.7. The van der Waals surface area contributed by atoms with Gasteiger partial charge in [0.25, 0.3) is 5.91 Å². The van der Waals surface area contributed by atoms with Gasteiger partial charge in [-0.25, -0.2) is 9.97 Å². The van der Waals surface area contributed by atoms with Crippen molar-refractivity contribution >= 4 is 17.3 Å². The first-order chi connectivity index (χ1) is 16.8. The number of nitrogens with one attached hydrogen (secondary N) is 1. The van der Waals surface area contributed by atoms with Crippen molar-refractivity contribution in [1.82, 2.24) is 19.7 Å². The molecule has 0 bridgehead atoms. The van der Waals surface area contributed by atoms with Crippen molar-refractivity contribution in [3.8, 4) is 11.3 Å². The van der Waals surface area contributed by atoms with Crippen molar-refractivity contribution in [2.75, 3.05) is 16.8 Å². The van der Waals surface area contributed by atoms with Crippen LogP contribution in [0.2, 0.25) is 0 Å². The smallest absolute Gasteiger partial charge is 0.391 e. The Balaban J connectivity index is 1.60. The van der Waals surface area contributed by atoms with E-state index in [2.05, 4.69) is 20.4 Å². The number of hydrogen-bond acceptors (Lipinski definition) is 6. The number of aliphatic hydroxyl groups is 1. The Hall–Kier alpha value is -3.68. The minimum atomic E-state index is -4.86. The summed E-state index contributed by atoms with van der Waals surface area (Å²) in [5.41, 5.74) is -1.57. The average molecular weight is 514 g/mol. The second-order valence-electron chi connectivity index (χ2n) is 8.38. The molecule has 2 N–H and O–H groups in total. The third-order valence-corrected chi connectivity index (χ3v) is 5.53. The molecule has 1 aliphatic heterocycles. The van der Waals surface area contributed by atoms with E-state index in [0.29, 0.717) is 16.8 Å². The van der Waals surface area contributed by atoms with Gasteiger partial charge in [0.15, 0.2) is 5.69 Å². The summed E-state index contributed by atoms with van der Waals surface area (Å²) < 4.78 is 79.2. The van der Waals surface area contributed by atoms with E-state index >= 15 is 0 Å². The average Bonchev–Trinajstić information content (AvgIpc) is 3.37. The Labute approximate surface area is 200 Å². The molecular weight excluding hydrogens is 494 g/mol. The molecule has 1 aliphatic rings. The highest BCUT2D eigenvalue weighted by molar-refractivity contribution is 6.03. The highest BCUT2D eigenvalue weighted by Crippen LogP contribution is 2.36. The number of carbonyl (C=O) groups excluding carboxylic acids is 1. The molecule has 0 aromatic carbocycles. The lowest BCUT2D eigenvalue weighted by molar-refractivity contribution is -0.142. The maximum Gasteiger partial charge on any atom is 0.435 e. The van der Waals surface area contributed by atoms with Gasteiger partial charge in [0.2, 0.25) is 0 Å². The van der Waals surface area contributed by atoms with Crippen LogP contribution in [0.4, 0.5) is 37.7 Å². The van der Waals surface area contributed by atoms with Crippen LogP contribution in [0.15, 0.2) is 42.9 Å². The van der Waals surface area contributed by atoms with Gasteiger partial charge in [0, 0.05) is 24.3 Å².